The maximum atomic E-state index is 13.0. The lowest BCUT2D eigenvalue weighted by Gasteiger charge is -2.21. The lowest BCUT2D eigenvalue weighted by Crippen LogP contribution is -2.30. The van der Waals surface area contributed by atoms with Crippen molar-refractivity contribution >= 4 is 33.6 Å². The molecule has 0 aliphatic carbocycles. The number of unbranched alkanes of at least 4 members (excludes halogenated alkanes) is 33. The van der Waals surface area contributed by atoms with Gasteiger partial charge in [0.2, 0.25) is 0 Å². The summed E-state index contributed by atoms with van der Waals surface area (Å²) in [5, 5.41) is 20.7. The monoisotopic (exact) mass is 1510 g/mol. The molecule has 0 aromatic rings. The molecule has 0 amide bonds. The van der Waals surface area contributed by atoms with Gasteiger partial charge in [0.05, 0.1) is 26.4 Å². The Bertz CT molecular complexity index is 2440. The highest BCUT2D eigenvalue weighted by Crippen LogP contribution is 2.45. The fraction of sp³-hybridized carbons (Fsp3) is 0.713. The summed E-state index contributed by atoms with van der Waals surface area (Å²) in [6, 6.07) is 0. The zero-order valence-electron chi connectivity index (χ0n) is 66.1. The Morgan fingerprint density at radius 1 is 0.276 bits per heavy atom. The fourth-order valence-corrected chi connectivity index (χ4v) is 12.7. The zero-order valence-corrected chi connectivity index (χ0v) is 67.9. The van der Waals surface area contributed by atoms with Crippen LogP contribution in [0, 0.1) is 0 Å². The average Bonchev–Trinajstić information content (AvgIpc) is 0.912. The van der Waals surface area contributed by atoms with Crippen molar-refractivity contribution in [1.82, 2.24) is 0 Å². The minimum absolute atomic E-state index is 0.0929. The minimum Gasteiger partial charge on any atom is -0.463 e. The molecule has 0 saturated carbocycles. The Balaban J connectivity index is 4.48. The second-order valence-corrected chi connectivity index (χ2v) is 30.4. The van der Waals surface area contributed by atoms with Crippen LogP contribution in [0.2, 0.25) is 0 Å². The van der Waals surface area contributed by atoms with Crippen LogP contribution >= 0.6 is 15.6 Å². The van der Waals surface area contributed by atoms with Crippen LogP contribution in [0.25, 0.3) is 0 Å². The quantitative estimate of drug-likeness (QED) is 0.0146. The van der Waals surface area contributed by atoms with Crippen molar-refractivity contribution in [2.24, 2.45) is 0 Å². The molecule has 0 spiro atoms. The van der Waals surface area contributed by atoms with E-state index in [0.29, 0.717) is 19.3 Å². The predicted molar refractivity (Wildman–Crippen MR) is 436 cm³/mol. The Kier molecular flexibility index (Phi) is 76.0. The molecule has 0 aliphatic rings. The number of phosphoric acid groups is 2. The Hall–Kier alpha value is -4.31. The van der Waals surface area contributed by atoms with Crippen molar-refractivity contribution in [2.75, 3.05) is 39.6 Å². The van der Waals surface area contributed by atoms with Gasteiger partial charge in [-0.25, -0.2) is 9.13 Å². The third-order valence-corrected chi connectivity index (χ3v) is 19.2. The fourth-order valence-electron chi connectivity index (χ4n) is 11.1. The highest BCUT2D eigenvalue weighted by Gasteiger charge is 2.29. The maximum Gasteiger partial charge on any atom is 0.472 e. The van der Waals surface area contributed by atoms with Crippen LogP contribution in [-0.2, 0) is 55.8 Å². The molecule has 0 bridgehead atoms. The number of carbonyl (C=O) groups excluding carboxylic acids is 3. The number of aliphatic hydroxyl groups excluding tert-OH is 2. The van der Waals surface area contributed by atoms with Crippen LogP contribution in [0.3, 0.4) is 0 Å². The molecule has 604 valence electrons. The first-order chi connectivity index (χ1) is 51.2. The summed E-state index contributed by atoms with van der Waals surface area (Å²) >= 11 is 0. The number of allylic oxidation sites excluding steroid dienone is 22. The highest BCUT2D eigenvalue weighted by atomic mass is 31.2. The Morgan fingerprint density at radius 3 is 0.810 bits per heavy atom. The number of phosphoric ester groups is 2. The molecule has 0 aliphatic heterocycles. The maximum absolute atomic E-state index is 13.0. The van der Waals surface area contributed by atoms with Crippen LogP contribution in [0.15, 0.2) is 134 Å². The van der Waals surface area contributed by atoms with E-state index in [4.69, 9.17) is 32.3 Å². The summed E-state index contributed by atoms with van der Waals surface area (Å²) in [6.45, 7) is 2.45. The third-order valence-electron chi connectivity index (χ3n) is 17.3. The first kappa shape index (κ1) is 101. The summed E-state index contributed by atoms with van der Waals surface area (Å²) < 4.78 is 61.2. The van der Waals surface area contributed by atoms with Crippen LogP contribution in [0.5, 0.6) is 0 Å². The van der Waals surface area contributed by atoms with E-state index in [1.54, 1.807) is 0 Å². The number of aliphatic hydroxyl groups is 2. The zero-order chi connectivity index (χ0) is 76.6. The summed E-state index contributed by atoms with van der Waals surface area (Å²) in [7, 11) is -9.79. The van der Waals surface area contributed by atoms with Gasteiger partial charge in [-0.2, -0.15) is 0 Å². The van der Waals surface area contributed by atoms with Crippen LogP contribution in [0.1, 0.15) is 342 Å². The van der Waals surface area contributed by atoms with Crippen molar-refractivity contribution in [2.45, 2.75) is 360 Å². The molecular weight excluding hydrogens is 1360 g/mol. The SMILES string of the molecule is CC/C=C\C/C=C\C/C=C\C/C=C\C/C=C\CCCCCCCCCCCCCCCC(=O)OCC(O)COP(=O)(O)OCC(O)COP(=O)(O)OCC(COC(=O)CCCCCCCCCCCCC/C=C\C/C=C\C/C=C\C/C=C\C/C=C\CC)OC(=O)CCCCCCC/C=C\CCCCCC. The molecule has 0 heterocycles. The number of hydrogen-bond acceptors (Lipinski definition) is 14. The van der Waals surface area contributed by atoms with Crippen molar-refractivity contribution < 1.29 is 75.8 Å². The largest absolute Gasteiger partial charge is 0.472 e. The van der Waals surface area contributed by atoms with E-state index in [-0.39, 0.29) is 19.3 Å². The summed E-state index contributed by atoms with van der Waals surface area (Å²) in [5.74, 6) is -1.58. The highest BCUT2D eigenvalue weighted by molar-refractivity contribution is 7.47. The lowest BCUT2D eigenvalue weighted by molar-refractivity contribution is -0.161. The average molecular weight is 1510 g/mol. The van der Waals surface area contributed by atoms with E-state index >= 15 is 0 Å². The molecule has 0 radical (unpaired) electrons. The molecular formula is C87H150O16P2. The number of hydrogen-bond donors (Lipinski definition) is 4. The van der Waals surface area contributed by atoms with Gasteiger partial charge in [-0.05, 0) is 135 Å². The van der Waals surface area contributed by atoms with Gasteiger partial charge < -0.3 is 34.2 Å². The van der Waals surface area contributed by atoms with E-state index in [9.17, 15) is 43.5 Å². The van der Waals surface area contributed by atoms with Crippen LogP contribution in [0.4, 0.5) is 0 Å². The van der Waals surface area contributed by atoms with Gasteiger partial charge in [-0.1, -0.05) is 321 Å². The van der Waals surface area contributed by atoms with Gasteiger partial charge in [-0.15, -0.1) is 0 Å². The lowest BCUT2D eigenvalue weighted by atomic mass is 10.0. The number of carbonyl (C=O) groups is 3. The molecule has 5 atom stereocenters. The number of rotatable bonds is 78. The van der Waals surface area contributed by atoms with Gasteiger partial charge in [0.25, 0.3) is 0 Å². The summed E-state index contributed by atoms with van der Waals surface area (Å²) in [5.41, 5.74) is 0. The molecule has 0 saturated heterocycles. The van der Waals surface area contributed by atoms with Crippen LogP contribution in [-0.4, -0.2) is 95.9 Å². The van der Waals surface area contributed by atoms with Crippen molar-refractivity contribution in [3.63, 3.8) is 0 Å². The summed E-state index contributed by atoms with van der Waals surface area (Å²) in [6.07, 6.45) is 96.5. The van der Waals surface area contributed by atoms with Crippen molar-refractivity contribution in [1.29, 1.82) is 0 Å². The second-order valence-electron chi connectivity index (χ2n) is 27.5. The second kappa shape index (κ2) is 79.2. The minimum atomic E-state index is -4.93. The molecule has 0 rings (SSSR count). The van der Waals surface area contributed by atoms with E-state index < -0.39 is 91.5 Å². The smallest absolute Gasteiger partial charge is 0.463 e. The van der Waals surface area contributed by atoms with Crippen molar-refractivity contribution in [3.05, 3.63) is 134 Å². The predicted octanol–water partition coefficient (Wildman–Crippen LogP) is 24.7. The topological polar surface area (TPSA) is 231 Å². The van der Waals surface area contributed by atoms with E-state index in [2.05, 4.69) is 154 Å². The third kappa shape index (κ3) is 80.5. The van der Waals surface area contributed by atoms with Gasteiger partial charge in [0, 0.05) is 19.3 Å². The first-order valence-corrected chi connectivity index (χ1v) is 44.5. The number of ether oxygens (including phenoxy) is 3. The van der Waals surface area contributed by atoms with E-state index in [1.807, 2.05) is 0 Å². The standard InChI is InChI=1S/C87H150O16P2/c1-4-7-10-13-16-19-22-25-27-29-31-33-35-37-39-40-42-44-45-47-49-51-53-56-58-61-64-67-70-73-85(90)97-76-82(88)77-99-104(93,94)100-78-83(89)79-101-105(95,96)102-81-84(103-87(92)75-72-69-66-63-60-55-24-21-18-15-12-9-6-3)80-98-86(91)74-71-68-65-62-59-57-54-52-50-48-46-43-41-38-36-34-32-30-28-26-23-20-17-14-11-8-5-2/h7-8,10-11,16-17,19-21,24-28,31-34,37-39,41,82-84,88-89H,4-6,9,12-15,18,22-23,29-30,35-36,40,42-81H2,1-3H3,(H,93,94)(H,95,96)/b10-7-,11-8-,19-16-,20-17-,24-21-,27-25-,28-26-,33-31-,34-32-,39-37-,41-38-. The Labute approximate surface area is 639 Å². The molecule has 105 heavy (non-hydrogen) atoms. The van der Waals surface area contributed by atoms with Gasteiger partial charge in [0.15, 0.2) is 6.10 Å². The molecule has 18 heteroatoms. The summed E-state index contributed by atoms with van der Waals surface area (Å²) in [4.78, 5) is 58.7. The molecule has 4 N–H and O–H groups in total. The molecule has 0 fully saturated rings. The molecule has 0 aromatic carbocycles. The van der Waals surface area contributed by atoms with Gasteiger partial charge in [-0.3, -0.25) is 32.5 Å². The molecule has 16 nitrogen and oxygen atoms in total. The number of esters is 3. The van der Waals surface area contributed by atoms with Crippen molar-refractivity contribution in [3.8, 4) is 0 Å². The molecule has 5 unspecified atom stereocenters. The normalized spacial score (nSPS) is 14.6. The van der Waals surface area contributed by atoms with Gasteiger partial charge >= 0.3 is 33.6 Å². The van der Waals surface area contributed by atoms with E-state index in [1.165, 1.54) is 122 Å². The van der Waals surface area contributed by atoms with Gasteiger partial charge in [0.1, 0.15) is 25.4 Å². The first-order valence-electron chi connectivity index (χ1n) is 41.5. The van der Waals surface area contributed by atoms with E-state index in [0.717, 1.165) is 161 Å². The Morgan fingerprint density at radius 2 is 0.505 bits per heavy atom. The van der Waals surface area contributed by atoms with Crippen LogP contribution < -0.4 is 0 Å². The molecule has 0 aromatic heterocycles.